The number of halogens is 1. The Morgan fingerprint density at radius 3 is 3.06 bits per heavy atom. The Bertz CT molecular complexity index is 411. The molecule has 1 fully saturated rings. The van der Waals surface area contributed by atoms with Gasteiger partial charge in [-0.3, -0.25) is 0 Å². The van der Waals surface area contributed by atoms with Crippen molar-refractivity contribution in [2.45, 2.75) is 18.9 Å². The van der Waals surface area contributed by atoms with Crippen molar-refractivity contribution in [3.05, 3.63) is 27.8 Å². The molecule has 5 heteroatoms. The Labute approximate surface area is 114 Å². The molecular formula is C12H15IN2O2. The molecule has 92 valence electrons. The second-order valence-electron chi connectivity index (χ2n) is 4.18. The fourth-order valence-corrected chi connectivity index (χ4v) is 2.45. The first-order valence-corrected chi connectivity index (χ1v) is 6.72. The molecule has 0 radical (unpaired) electrons. The van der Waals surface area contributed by atoms with Gasteiger partial charge in [0.05, 0.1) is 6.10 Å². The monoisotopic (exact) mass is 346 g/mol. The number of nitrogens with zero attached hydrogens (tertiary/aromatic N) is 1. The summed E-state index contributed by atoms with van der Waals surface area (Å²) in [6.45, 7) is 1.14. The summed E-state index contributed by atoms with van der Waals surface area (Å²) in [7, 11) is 0. The van der Waals surface area contributed by atoms with E-state index in [9.17, 15) is 9.90 Å². The minimum atomic E-state index is -0.384. The zero-order chi connectivity index (χ0) is 12.3. The smallest absolute Gasteiger partial charge is 0.321 e. The molecule has 0 aliphatic carbocycles. The van der Waals surface area contributed by atoms with Crippen molar-refractivity contribution in [2.75, 3.05) is 18.4 Å². The minimum Gasteiger partial charge on any atom is -0.391 e. The largest absolute Gasteiger partial charge is 0.391 e. The van der Waals surface area contributed by atoms with Crippen LogP contribution in [0.1, 0.15) is 12.8 Å². The predicted molar refractivity (Wildman–Crippen MR) is 75.0 cm³/mol. The second kappa shape index (κ2) is 5.68. The van der Waals surface area contributed by atoms with Gasteiger partial charge >= 0.3 is 6.03 Å². The van der Waals surface area contributed by atoms with E-state index in [1.165, 1.54) is 0 Å². The summed E-state index contributed by atoms with van der Waals surface area (Å²) in [4.78, 5) is 13.6. The van der Waals surface area contributed by atoms with Crippen molar-refractivity contribution in [1.29, 1.82) is 0 Å². The van der Waals surface area contributed by atoms with E-state index in [4.69, 9.17) is 0 Å². The van der Waals surface area contributed by atoms with Crippen molar-refractivity contribution in [1.82, 2.24) is 4.90 Å². The molecule has 0 bridgehead atoms. The molecule has 0 saturated carbocycles. The van der Waals surface area contributed by atoms with Crippen LogP contribution in [0.3, 0.4) is 0 Å². The van der Waals surface area contributed by atoms with Crippen molar-refractivity contribution < 1.29 is 9.90 Å². The molecule has 1 unspecified atom stereocenters. The van der Waals surface area contributed by atoms with E-state index in [1.54, 1.807) is 4.90 Å². The topological polar surface area (TPSA) is 52.6 Å². The average Bonchev–Trinajstić information content (AvgIpc) is 2.29. The molecule has 0 aromatic heterocycles. The summed E-state index contributed by atoms with van der Waals surface area (Å²) in [5, 5.41) is 12.4. The molecule has 1 aromatic rings. The highest BCUT2D eigenvalue weighted by Crippen LogP contribution is 2.15. The van der Waals surface area contributed by atoms with Gasteiger partial charge in [-0.25, -0.2) is 4.79 Å². The number of benzene rings is 1. The predicted octanol–water partition coefficient (Wildman–Crippen LogP) is 2.28. The van der Waals surface area contributed by atoms with Crippen LogP contribution in [0.15, 0.2) is 24.3 Å². The fourth-order valence-electron chi connectivity index (χ4n) is 1.91. The number of aliphatic hydroxyl groups excluding tert-OH is 1. The normalized spacial score (nSPS) is 20.1. The van der Waals surface area contributed by atoms with Crippen LogP contribution >= 0.6 is 22.6 Å². The van der Waals surface area contributed by atoms with Gasteiger partial charge in [-0.2, -0.15) is 0 Å². The molecule has 1 atom stereocenters. The standard InChI is InChI=1S/C12H15IN2O2/c13-9-3-1-4-10(7-9)14-12(17)15-6-2-5-11(16)8-15/h1,3-4,7,11,16H,2,5-6,8H2,(H,14,17). The number of carbonyl (C=O) groups is 1. The lowest BCUT2D eigenvalue weighted by Gasteiger charge is -2.30. The van der Waals surface area contributed by atoms with E-state index in [0.717, 1.165) is 22.1 Å². The Hall–Kier alpha value is -0.820. The highest BCUT2D eigenvalue weighted by molar-refractivity contribution is 14.1. The lowest BCUT2D eigenvalue weighted by Crippen LogP contribution is -2.44. The van der Waals surface area contributed by atoms with Crippen LogP contribution in [0.5, 0.6) is 0 Å². The summed E-state index contributed by atoms with van der Waals surface area (Å²) in [5.41, 5.74) is 0.793. The molecule has 2 N–H and O–H groups in total. The maximum absolute atomic E-state index is 11.9. The second-order valence-corrected chi connectivity index (χ2v) is 5.43. The minimum absolute atomic E-state index is 0.134. The summed E-state index contributed by atoms with van der Waals surface area (Å²) < 4.78 is 1.08. The lowest BCUT2D eigenvalue weighted by atomic mass is 10.1. The van der Waals surface area contributed by atoms with Gasteiger partial charge in [0.2, 0.25) is 0 Å². The molecular weight excluding hydrogens is 331 g/mol. The third-order valence-corrected chi connectivity index (χ3v) is 3.43. The summed E-state index contributed by atoms with van der Waals surface area (Å²) in [6, 6.07) is 7.52. The van der Waals surface area contributed by atoms with Crippen LogP contribution in [-0.2, 0) is 0 Å². The lowest BCUT2D eigenvalue weighted by molar-refractivity contribution is 0.0883. The van der Waals surface area contributed by atoms with Crippen LogP contribution in [0.2, 0.25) is 0 Å². The molecule has 1 saturated heterocycles. The molecule has 1 aromatic carbocycles. The summed E-state index contributed by atoms with van der Waals surface area (Å²) in [5.74, 6) is 0. The number of hydrogen-bond acceptors (Lipinski definition) is 2. The van der Waals surface area contributed by atoms with E-state index in [-0.39, 0.29) is 12.1 Å². The average molecular weight is 346 g/mol. The maximum atomic E-state index is 11.9. The highest BCUT2D eigenvalue weighted by Gasteiger charge is 2.21. The number of urea groups is 1. The number of amides is 2. The molecule has 1 aliphatic heterocycles. The number of aliphatic hydroxyl groups is 1. The Balaban J connectivity index is 1.96. The quantitative estimate of drug-likeness (QED) is 0.767. The molecule has 2 amide bonds. The Morgan fingerprint density at radius 2 is 2.35 bits per heavy atom. The fraction of sp³-hybridized carbons (Fsp3) is 0.417. The number of rotatable bonds is 1. The van der Waals surface area contributed by atoms with Gasteiger partial charge in [-0.15, -0.1) is 0 Å². The number of hydrogen-bond donors (Lipinski definition) is 2. The van der Waals surface area contributed by atoms with Gasteiger partial charge in [0.1, 0.15) is 0 Å². The van der Waals surface area contributed by atoms with Crippen molar-refractivity contribution in [3.63, 3.8) is 0 Å². The van der Waals surface area contributed by atoms with E-state index in [2.05, 4.69) is 27.9 Å². The van der Waals surface area contributed by atoms with Gasteiger partial charge in [-0.1, -0.05) is 6.07 Å². The number of β-amino-alcohol motifs (C(OH)–C–C–N with tert-alkyl or cyclic N) is 1. The maximum Gasteiger partial charge on any atom is 0.321 e. The third-order valence-electron chi connectivity index (χ3n) is 2.76. The number of anilines is 1. The zero-order valence-corrected chi connectivity index (χ0v) is 11.6. The van der Waals surface area contributed by atoms with Crippen LogP contribution in [0, 0.1) is 3.57 Å². The van der Waals surface area contributed by atoms with Crippen LogP contribution < -0.4 is 5.32 Å². The summed E-state index contributed by atoms with van der Waals surface area (Å²) in [6.07, 6.45) is 1.26. The molecule has 2 rings (SSSR count). The SMILES string of the molecule is O=C(Nc1cccc(I)c1)N1CCCC(O)C1. The van der Waals surface area contributed by atoms with Crippen molar-refractivity contribution >= 4 is 34.3 Å². The first kappa shape index (κ1) is 12.6. The van der Waals surface area contributed by atoms with Gasteiger partial charge in [-0.05, 0) is 53.6 Å². The molecule has 17 heavy (non-hydrogen) atoms. The van der Waals surface area contributed by atoms with Gasteiger partial charge in [0, 0.05) is 22.3 Å². The Kier molecular flexibility index (Phi) is 4.22. The van der Waals surface area contributed by atoms with Crippen LogP contribution in [0.4, 0.5) is 10.5 Å². The number of piperidine rings is 1. The van der Waals surface area contributed by atoms with E-state index in [0.29, 0.717) is 13.1 Å². The molecule has 4 nitrogen and oxygen atoms in total. The number of nitrogens with one attached hydrogen (secondary N) is 1. The van der Waals surface area contributed by atoms with Gasteiger partial charge in [0.15, 0.2) is 0 Å². The molecule has 0 spiro atoms. The van der Waals surface area contributed by atoms with Crippen molar-refractivity contribution in [2.24, 2.45) is 0 Å². The number of likely N-dealkylation sites (tertiary alicyclic amines) is 1. The van der Waals surface area contributed by atoms with Gasteiger partial charge in [0.25, 0.3) is 0 Å². The van der Waals surface area contributed by atoms with Gasteiger partial charge < -0.3 is 15.3 Å². The molecule has 1 heterocycles. The zero-order valence-electron chi connectivity index (χ0n) is 9.40. The van der Waals surface area contributed by atoms with Crippen LogP contribution in [0.25, 0.3) is 0 Å². The highest BCUT2D eigenvalue weighted by atomic mass is 127. The van der Waals surface area contributed by atoms with E-state index < -0.39 is 0 Å². The van der Waals surface area contributed by atoms with Crippen molar-refractivity contribution in [3.8, 4) is 0 Å². The van der Waals surface area contributed by atoms with Crippen LogP contribution in [-0.4, -0.2) is 35.2 Å². The summed E-state index contributed by atoms with van der Waals surface area (Å²) >= 11 is 2.21. The first-order chi connectivity index (χ1) is 8.15. The third kappa shape index (κ3) is 3.57. The number of carbonyl (C=O) groups excluding carboxylic acids is 1. The Morgan fingerprint density at radius 1 is 1.53 bits per heavy atom. The molecule has 1 aliphatic rings. The first-order valence-electron chi connectivity index (χ1n) is 5.65. The van der Waals surface area contributed by atoms with E-state index >= 15 is 0 Å². The van der Waals surface area contributed by atoms with E-state index in [1.807, 2.05) is 24.3 Å².